The fourth-order valence-electron chi connectivity index (χ4n) is 2.79. The number of carboxylic acid groups (broad SMARTS) is 1. The van der Waals surface area contributed by atoms with E-state index in [9.17, 15) is 18.7 Å². The Kier molecular flexibility index (Phi) is 4.15. The summed E-state index contributed by atoms with van der Waals surface area (Å²) in [5.74, 6) is -1.30. The molecule has 2 heterocycles. The second-order valence-corrected chi connectivity index (χ2v) is 6.74. The number of thiazole rings is 1. The molecule has 0 aliphatic heterocycles. The molecule has 1 N–H and O–H groups in total. The summed E-state index contributed by atoms with van der Waals surface area (Å²) in [6.45, 7) is -1.15. The van der Waals surface area contributed by atoms with E-state index in [-0.39, 0.29) is 11.4 Å². The van der Waals surface area contributed by atoms with E-state index in [2.05, 4.69) is 19.7 Å². The van der Waals surface area contributed by atoms with Gasteiger partial charge in [-0.2, -0.15) is 8.78 Å². The molecule has 0 saturated carbocycles. The third-order valence-electron chi connectivity index (χ3n) is 3.85. The van der Waals surface area contributed by atoms with E-state index in [0.29, 0.717) is 31.8 Å². The van der Waals surface area contributed by atoms with Gasteiger partial charge in [0.2, 0.25) is 5.88 Å². The molecule has 0 amide bonds. The number of rotatable bonds is 4. The van der Waals surface area contributed by atoms with Crippen LogP contribution < -0.4 is 4.74 Å². The molecule has 4 rings (SSSR count). The summed E-state index contributed by atoms with van der Waals surface area (Å²) >= 11 is 1.23. The third kappa shape index (κ3) is 3.17. The predicted octanol–water partition coefficient (Wildman–Crippen LogP) is 4.51. The molecule has 0 fully saturated rings. The first kappa shape index (κ1) is 17.2. The number of carboxylic acids is 1. The van der Waals surface area contributed by atoms with Gasteiger partial charge in [-0.1, -0.05) is 6.07 Å². The van der Waals surface area contributed by atoms with Crippen LogP contribution in [0.3, 0.4) is 0 Å². The molecule has 0 radical (unpaired) electrons. The Labute approximate surface area is 155 Å². The van der Waals surface area contributed by atoms with E-state index < -0.39 is 12.6 Å². The summed E-state index contributed by atoms with van der Waals surface area (Å²) in [7, 11) is 0. The van der Waals surface area contributed by atoms with Crippen molar-refractivity contribution in [1.82, 2.24) is 15.0 Å². The number of nitrogens with zero attached hydrogens (tertiary/aromatic N) is 3. The zero-order chi connectivity index (χ0) is 19.1. The van der Waals surface area contributed by atoms with E-state index in [1.165, 1.54) is 17.4 Å². The number of ether oxygens (including phenoxy) is 1. The summed E-state index contributed by atoms with van der Waals surface area (Å²) in [4.78, 5) is 24.2. The number of hydrogen-bond acceptors (Lipinski definition) is 6. The van der Waals surface area contributed by atoms with Crippen LogP contribution in [0.15, 0.2) is 36.5 Å². The molecule has 2 aromatic carbocycles. The van der Waals surface area contributed by atoms with Crippen molar-refractivity contribution in [2.24, 2.45) is 0 Å². The van der Waals surface area contributed by atoms with Crippen molar-refractivity contribution >= 4 is 38.6 Å². The van der Waals surface area contributed by atoms with Gasteiger partial charge in [-0.15, -0.1) is 11.3 Å². The van der Waals surface area contributed by atoms with E-state index in [0.717, 1.165) is 11.8 Å². The maximum Gasteiger partial charge on any atom is 0.388 e. The van der Waals surface area contributed by atoms with Gasteiger partial charge in [-0.05, 0) is 36.8 Å². The van der Waals surface area contributed by atoms with Crippen LogP contribution in [0.2, 0.25) is 0 Å². The maximum atomic E-state index is 12.4. The molecular formula is C18H11F2N3O3S. The molecule has 0 atom stereocenters. The summed E-state index contributed by atoms with van der Waals surface area (Å²) in [5.41, 5.74) is 3.08. The smallest absolute Gasteiger partial charge is 0.388 e. The summed E-state index contributed by atoms with van der Waals surface area (Å²) in [5, 5.41) is 9.94. The second-order valence-electron chi connectivity index (χ2n) is 5.74. The van der Waals surface area contributed by atoms with E-state index in [4.69, 9.17) is 0 Å². The number of halogens is 2. The Hall–Kier alpha value is -3.20. The van der Waals surface area contributed by atoms with Crippen molar-refractivity contribution in [2.45, 2.75) is 13.5 Å². The van der Waals surface area contributed by atoms with Crippen LogP contribution in [-0.4, -0.2) is 32.6 Å². The molecule has 4 aromatic rings. The number of aromatic nitrogens is 3. The molecule has 9 heteroatoms. The average molecular weight is 387 g/mol. The molecule has 0 spiro atoms. The highest BCUT2D eigenvalue weighted by atomic mass is 32.1. The molecule has 6 nitrogen and oxygen atoms in total. The molecule has 0 bridgehead atoms. The highest BCUT2D eigenvalue weighted by Crippen LogP contribution is 2.36. The van der Waals surface area contributed by atoms with Gasteiger partial charge in [0.05, 0.1) is 33.0 Å². The minimum absolute atomic E-state index is 0.173. The fraction of sp³-hybridized carbons (Fsp3) is 0.111. The predicted molar refractivity (Wildman–Crippen MR) is 96.5 cm³/mol. The number of benzene rings is 2. The van der Waals surface area contributed by atoms with Crippen molar-refractivity contribution < 1.29 is 23.4 Å². The third-order valence-corrected chi connectivity index (χ3v) is 4.99. The molecule has 0 aliphatic carbocycles. The van der Waals surface area contributed by atoms with Gasteiger partial charge < -0.3 is 9.84 Å². The summed E-state index contributed by atoms with van der Waals surface area (Å²) in [6, 6.07) is 8.45. The second kappa shape index (κ2) is 6.51. The number of alkyl halides is 2. The SMILES string of the molecule is Cc1cc(-c2nc3cccc(C(=O)O)c3s2)c2ncc(OC(F)F)nc2c1. The number of carbonyl (C=O) groups is 1. The first-order valence-electron chi connectivity index (χ1n) is 7.78. The van der Waals surface area contributed by atoms with E-state index >= 15 is 0 Å². The zero-order valence-corrected chi connectivity index (χ0v) is 14.6. The Morgan fingerprint density at radius 2 is 2.04 bits per heavy atom. The van der Waals surface area contributed by atoms with Gasteiger partial charge in [0.15, 0.2) is 0 Å². The minimum Gasteiger partial charge on any atom is -0.478 e. The molecule has 27 heavy (non-hydrogen) atoms. The number of aromatic carboxylic acids is 1. The van der Waals surface area contributed by atoms with Crippen LogP contribution >= 0.6 is 11.3 Å². The number of hydrogen-bond donors (Lipinski definition) is 1. The highest BCUT2D eigenvalue weighted by Gasteiger charge is 2.17. The van der Waals surface area contributed by atoms with Crippen LogP contribution in [0.25, 0.3) is 31.8 Å². The maximum absolute atomic E-state index is 12.4. The van der Waals surface area contributed by atoms with Gasteiger partial charge >= 0.3 is 12.6 Å². The van der Waals surface area contributed by atoms with Crippen molar-refractivity contribution in [3.63, 3.8) is 0 Å². The first-order chi connectivity index (χ1) is 12.9. The summed E-state index contributed by atoms with van der Waals surface area (Å²) in [6.07, 6.45) is 1.13. The van der Waals surface area contributed by atoms with Gasteiger partial charge in [0.1, 0.15) is 5.01 Å². The van der Waals surface area contributed by atoms with Gasteiger partial charge in [-0.25, -0.2) is 19.7 Å². The van der Waals surface area contributed by atoms with Crippen molar-refractivity contribution in [2.75, 3.05) is 0 Å². The Bertz CT molecular complexity index is 1190. The van der Waals surface area contributed by atoms with E-state index in [1.807, 2.05) is 13.0 Å². The largest absolute Gasteiger partial charge is 0.478 e. The normalized spacial score (nSPS) is 11.4. The molecule has 2 aromatic heterocycles. The van der Waals surface area contributed by atoms with Crippen molar-refractivity contribution in [3.05, 3.63) is 47.7 Å². The molecule has 0 saturated heterocycles. The lowest BCUT2D eigenvalue weighted by Gasteiger charge is -2.07. The van der Waals surface area contributed by atoms with Gasteiger partial charge in [0, 0.05) is 5.56 Å². The van der Waals surface area contributed by atoms with Crippen LogP contribution in [0.5, 0.6) is 5.88 Å². The summed E-state index contributed by atoms with van der Waals surface area (Å²) < 4.78 is 29.7. The van der Waals surface area contributed by atoms with Crippen LogP contribution in [0, 0.1) is 6.92 Å². The van der Waals surface area contributed by atoms with Gasteiger partial charge in [0.25, 0.3) is 0 Å². The zero-order valence-electron chi connectivity index (χ0n) is 13.8. The van der Waals surface area contributed by atoms with Crippen molar-refractivity contribution in [3.8, 4) is 16.5 Å². The minimum atomic E-state index is -2.99. The Morgan fingerprint density at radius 1 is 1.22 bits per heavy atom. The topological polar surface area (TPSA) is 85.2 Å². The Balaban J connectivity index is 1.92. The lowest BCUT2D eigenvalue weighted by Crippen LogP contribution is -2.04. The molecular weight excluding hydrogens is 376 g/mol. The molecule has 0 aliphatic rings. The van der Waals surface area contributed by atoms with Crippen LogP contribution in [0.4, 0.5) is 8.78 Å². The lowest BCUT2D eigenvalue weighted by atomic mass is 10.1. The standard InChI is InChI=1S/C18H11F2N3O3S/c1-8-5-10(14-12(6-8)22-13(7-21-14)26-18(19)20)16-23-11-4-2-3-9(17(24)25)15(11)27-16/h2-7,18H,1H3,(H,24,25). The fourth-order valence-corrected chi connectivity index (χ4v) is 3.88. The van der Waals surface area contributed by atoms with Gasteiger partial charge in [-0.3, -0.25) is 0 Å². The highest BCUT2D eigenvalue weighted by molar-refractivity contribution is 7.22. The number of aryl methyl sites for hydroxylation is 1. The Morgan fingerprint density at radius 3 is 2.78 bits per heavy atom. The number of fused-ring (bicyclic) bond motifs is 2. The molecule has 136 valence electrons. The van der Waals surface area contributed by atoms with E-state index in [1.54, 1.807) is 18.2 Å². The average Bonchev–Trinajstić information content (AvgIpc) is 3.03. The van der Waals surface area contributed by atoms with Crippen LogP contribution in [-0.2, 0) is 0 Å². The lowest BCUT2D eigenvalue weighted by molar-refractivity contribution is -0.0528. The quantitative estimate of drug-likeness (QED) is 0.554. The monoisotopic (exact) mass is 387 g/mol. The van der Waals surface area contributed by atoms with Crippen molar-refractivity contribution in [1.29, 1.82) is 0 Å². The first-order valence-corrected chi connectivity index (χ1v) is 8.59. The molecule has 0 unspecified atom stereocenters. The van der Waals surface area contributed by atoms with Crippen LogP contribution in [0.1, 0.15) is 15.9 Å².